The first-order chi connectivity index (χ1) is 12.0. The predicted octanol–water partition coefficient (Wildman–Crippen LogP) is 0.908. The fourth-order valence-corrected chi connectivity index (χ4v) is 4.15. The maximum atomic E-state index is 12.6. The smallest absolute Gasteiger partial charge is 0.253 e. The van der Waals surface area contributed by atoms with E-state index in [4.69, 9.17) is 6.42 Å². The Morgan fingerprint density at radius 1 is 1.16 bits per heavy atom. The zero-order chi connectivity index (χ0) is 17.9. The summed E-state index contributed by atoms with van der Waals surface area (Å²) in [5.74, 6) is 2.57. The third-order valence-corrected chi connectivity index (χ3v) is 6.08. The van der Waals surface area contributed by atoms with E-state index in [1.165, 1.54) is 12.1 Å². The molecule has 0 atom stereocenters. The minimum atomic E-state index is -3.48. The first-order valence-electron chi connectivity index (χ1n) is 8.57. The van der Waals surface area contributed by atoms with Gasteiger partial charge < -0.3 is 4.90 Å². The molecule has 7 heteroatoms. The van der Waals surface area contributed by atoms with E-state index in [2.05, 4.69) is 15.5 Å². The number of piperazine rings is 1. The average molecular weight is 361 g/mol. The van der Waals surface area contributed by atoms with E-state index < -0.39 is 10.0 Å². The van der Waals surface area contributed by atoms with Crippen LogP contribution in [-0.2, 0) is 10.0 Å². The van der Waals surface area contributed by atoms with Gasteiger partial charge in [-0.2, -0.15) is 0 Å². The van der Waals surface area contributed by atoms with Crippen LogP contribution in [0.3, 0.4) is 0 Å². The Hall–Kier alpha value is -1.88. The predicted molar refractivity (Wildman–Crippen MR) is 95.6 cm³/mol. The molecular weight excluding hydrogens is 338 g/mol. The molecule has 0 bridgehead atoms. The number of nitrogens with one attached hydrogen (secondary N) is 1. The Morgan fingerprint density at radius 2 is 1.80 bits per heavy atom. The Kier molecular flexibility index (Phi) is 5.42. The van der Waals surface area contributed by atoms with Crippen LogP contribution in [0.4, 0.5) is 0 Å². The topological polar surface area (TPSA) is 69.7 Å². The molecule has 134 valence electrons. The molecule has 1 N–H and O–H groups in total. The highest BCUT2D eigenvalue weighted by Crippen LogP contribution is 2.22. The number of carbonyl (C=O) groups excluding carboxylic acids is 1. The molecule has 0 radical (unpaired) electrons. The van der Waals surface area contributed by atoms with Crippen LogP contribution < -0.4 is 4.72 Å². The summed E-state index contributed by atoms with van der Waals surface area (Å²) < 4.78 is 27.0. The third-order valence-electron chi connectivity index (χ3n) is 4.54. The second-order valence-corrected chi connectivity index (χ2v) is 8.22. The van der Waals surface area contributed by atoms with Crippen LogP contribution in [0.5, 0.6) is 0 Å². The molecule has 0 spiro atoms. The maximum Gasteiger partial charge on any atom is 0.253 e. The molecule has 1 heterocycles. The molecule has 25 heavy (non-hydrogen) atoms. The molecule has 2 fully saturated rings. The fraction of sp³-hybridized carbons (Fsp3) is 0.500. The second kappa shape index (κ2) is 7.56. The number of nitrogens with zero attached hydrogens (tertiary/aromatic N) is 2. The monoisotopic (exact) mass is 361 g/mol. The Labute approximate surface area is 149 Å². The van der Waals surface area contributed by atoms with Crippen molar-refractivity contribution < 1.29 is 13.2 Å². The largest absolute Gasteiger partial charge is 0.336 e. The molecule has 1 aromatic carbocycles. The number of benzene rings is 1. The number of carbonyl (C=O) groups is 1. The van der Waals surface area contributed by atoms with Crippen molar-refractivity contribution >= 4 is 15.9 Å². The van der Waals surface area contributed by atoms with Gasteiger partial charge in [0.05, 0.1) is 4.90 Å². The fourth-order valence-electron chi connectivity index (χ4n) is 2.85. The SMILES string of the molecule is C#CCCN1CCN(C(=O)c2ccc(S(=O)(=O)NC3CC3)cc2)CC1. The summed E-state index contributed by atoms with van der Waals surface area (Å²) in [4.78, 5) is 16.8. The Bertz CT molecular complexity index is 756. The number of amides is 1. The first-order valence-corrected chi connectivity index (χ1v) is 10.1. The molecule has 2 aliphatic rings. The van der Waals surface area contributed by atoms with Gasteiger partial charge in [-0.15, -0.1) is 12.3 Å². The lowest BCUT2D eigenvalue weighted by Crippen LogP contribution is -2.48. The maximum absolute atomic E-state index is 12.6. The quantitative estimate of drug-likeness (QED) is 0.765. The number of terminal acetylenes is 1. The molecule has 1 amide bonds. The van der Waals surface area contributed by atoms with E-state index >= 15 is 0 Å². The van der Waals surface area contributed by atoms with Gasteiger partial charge in [-0.1, -0.05) is 0 Å². The van der Waals surface area contributed by atoms with Gasteiger partial charge in [-0.25, -0.2) is 13.1 Å². The molecule has 0 aromatic heterocycles. The molecule has 1 aromatic rings. The minimum absolute atomic E-state index is 0.0595. The summed E-state index contributed by atoms with van der Waals surface area (Å²) in [6, 6.07) is 6.25. The first kappa shape index (κ1) is 17.9. The van der Waals surface area contributed by atoms with E-state index in [1.807, 2.05) is 0 Å². The molecule has 1 aliphatic carbocycles. The summed E-state index contributed by atoms with van der Waals surface area (Å²) in [6.07, 6.45) is 7.79. The highest BCUT2D eigenvalue weighted by atomic mass is 32.2. The van der Waals surface area contributed by atoms with Crippen molar-refractivity contribution in [2.75, 3.05) is 32.7 Å². The lowest BCUT2D eigenvalue weighted by atomic mass is 10.2. The summed E-state index contributed by atoms with van der Waals surface area (Å²) in [7, 11) is -3.48. The molecule has 0 unspecified atom stereocenters. The van der Waals surface area contributed by atoms with Gasteiger partial charge in [0.25, 0.3) is 5.91 Å². The molecule has 1 saturated carbocycles. The van der Waals surface area contributed by atoms with E-state index in [0.29, 0.717) is 18.7 Å². The normalized spacial score (nSPS) is 18.8. The van der Waals surface area contributed by atoms with E-state index in [0.717, 1.165) is 38.9 Å². The van der Waals surface area contributed by atoms with Crippen LogP contribution in [-0.4, -0.2) is 62.9 Å². The van der Waals surface area contributed by atoms with E-state index in [1.54, 1.807) is 17.0 Å². The molecular formula is C18H23N3O3S. The highest BCUT2D eigenvalue weighted by molar-refractivity contribution is 7.89. The second-order valence-electron chi connectivity index (χ2n) is 6.51. The van der Waals surface area contributed by atoms with Crippen LogP contribution in [0.1, 0.15) is 29.6 Å². The number of hydrogen-bond donors (Lipinski definition) is 1. The number of rotatable bonds is 6. The van der Waals surface area contributed by atoms with Crippen molar-refractivity contribution in [3.63, 3.8) is 0 Å². The summed E-state index contributed by atoms with van der Waals surface area (Å²) >= 11 is 0. The van der Waals surface area contributed by atoms with Crippen LogP contribution >= 0.6 is 0 Å². The van der Waals surface area contributed by atoms with Crippen molar-refractivity contribution in [1.82, 2.24) is 14.5 Å². The van der Waals surface area contributed by atoms with Crippen LogP contribution in [0.15, 0.2) is 29.2 Å². The Morgan fingerprint density at radius 3 is 2.36 bits per heavy atom. The van der Waals surface area contributed by atoms with Crippen molar-refractivity contribution in [3.05, 3.63) is 29.8 Å². The van der Waals surface area contributed by atoms with E-state index in [9.17, 15) is 13.2 Å². The van der Waals surface area contributed by atoms with Crippen molar-refractivity contribution in [1.29, 1.82) is 0 Å². The van der Waals surface area contributed by atoms with Crippen LogP contribution in [0.25, 0.3) is 0 Å². The minimum Gasteiger partial charge on any atom is -0.336 e. The standard InChI is InChI=1S/C18H23N3O3S/c1-2-3-10-20-11-13-21(14-12-20)18(22)15-4-8-17(9-5-15)25(23,24)19-16-6-7-16/h1,4-5,8-9,16,19H,3,6-7,10-14H2. The molecule has 3 rings (SSSR count). The summed E-state index contributed by atoms with van der Waals surface area (Å²) in [6.45, 7) is 3.80. The summed E-state index contributed by atoms with van der Waals surface area (Å²) in [5, 5.41) is 0. The van der Waals surface area contributed by atoms with Gasteiger partial charge in [-0.3, -0.25) is 9.69 Å². The van der Waals surface area contributed by atoms with Crippen molar-refractivity contribution in [2.24, 2.45) is 0 Å². The van der Waals surface area contributed by atoms with Crippen LogP contribution in [0.2, 0.25) is 0 Å². The summed E-state index contributed by atoms with van der Waals surface area (Å²) in [5.41, 5.74) is 0.516. The van der Waals surface area contributed by atoms with E-state index in [-0.39, 0.29) is 16.8 Å². The van der Waals surface area contributed by atoms with Gasteiger partial charge in [0, 0.05) is 50.7 Å². The molecule has 1 aliphatic heterocycles. The van der Waals surface area contributed by atoms with Gasteiger partial charge >= 0.3 is 0 Å². The van der Waals surface area contributed by atoms with Gasteiger partial charge in [0.15, 0.2) is 0 Å². The van der Waals surface area contributed by atoms with Gasteiger partial charge in [0.1, 0.15) is 0 Å². The third kappa shape index (κ3) is 4.60. The zero-order valence-corrected chi connectivity index (χ0v) is 15.0. The van der Waals surface area contributed by atoms with Gasteiger partial charge in [-0.05, 0) is 37.1 Å². The lowest BCUT2D eigenvalue weighted by Gasteiger charge is -2.34. The number of sulfonamides is 1. The van der Waals surface area contributed by atoms with Crippen molar-refractivity contribution in [2.45, 2.75) is 30.2 Å². The molecule has 6 nitrogen and oxygen atoms in total. The van der Waals surface area contributed by atoms with Gasteiger partial charge in [0.2, 0.25) is 10.0 Å². The van der Waals surface area contributed by atoms with Crippen molar-refractivity contribution in [3.8, 4) is 12.3 Å². The zero-order valence-electron chi connectivity index (χ0n) is 14.1. The lowest BCUT2D eigenvalue weighted by molar-refractivity contribution is 0.0640. The average Bonchev–Trinajstić information content (AvgIpc) is 3.43. The van der Waals surface area contributed by atoms with Crippen LogP contribution in [0, 0.1) is 12.3 Å². The number of hydrogen-bond acceptors (Lipinski definition) is 4. The Balaban J connectivity index is 1.59. The molecule has 1 saturated heterocycles. The highest BCUT2D eigenvalue weighted by Gasteiger charge is 2.28.